The second kappa shape index (κ2) is 3.96. The lowest BCUT2D eigenvalue weighted by atomic mass is 10.3. The van der Waals surface area contributed by atoms with E-state index in [-0.39, 0.29) is 10.4 Å². The highest BCUT2D eigenvalue weighted by Crippen LogP contribution is 2.36. The van der Waals surface area contributed by atoms with Crippen LogP contribution in [0.25, 0.3) is 0 Å². The van der Waals surface area contributed by atoms with Crippen molar-refractivity contribution >= 4 is 17.4 Å². The van der Waals surface area contributed by atoms with E-state index in [2.05, 4.69) is 4.98 Å². The normalized spacial score (nSPS) is 11.4. The molecular weight excluding hydrogens is 200 g/mol. The third-order valence-corrected chi connectivity index (χ3v) is 2.55. The summed E-state index contributed by atoms with van der Waals surface area (Å²) in [5, 5.41) is 10.7. The Bertz CT molecular complexity index is 347. The number of pyridine rings is 1. The Morgan fingerprint density at radius 2 is 2.14 bits per heavy atom. The number of nitro groups is 1. The number of thioether (sulfide) groups is 1. The molecule has 0 aliphatic rings. The van der Waals surface area contributed by atoms with E-state index in [1.54, 1.807) is 12.3 Å². The summed E-state index contributed by atoms with van der Waals surface area (Å²) in [6, 6.07) is 1.67. The number of nitrogens with zero attached hydrogens (tertiary/aromatic N) is 2. The fourth-order valence-electron chi connectivity index (χ4n) is 0.927. The molecule has 0 aromatic carbocycles. The number of hydrogen-bond donors (Lipinski definition) is 0. The van der Waals surface area contributed by atoms with E-state index in [1.807, 2.05) is 20.8 Å². The van der Waals surface area contributed by atoms with E-state index in [4.69, 9.17) is 0 Å². The molecule has 1 heterocycles. The van der Waals surface area contributed by atoms with Gasteiger partial charge in [0.25, 0.3) is 0 Å². The molecule has 76 valence electrons. The van der Waals surface area contributed by atoms with Gasteiger partial charge in [-0.15, -0.1) is 11.8 Å². The topological polar surface area (TPSA) is 56.0 Å². The van der Waals surface area contributed by atoms with Crippen LogP contribution in [0.1, 0.15) is 20.8 Å². The van der Waals surface area contributed by atoms with Gasteiger partial charge in [0, 0.05) is 10.9 Å². The van der Waals surface area contributed by atoms with Gasteiger partial charge in [0.15, 0.2) is 0 Å². The number of hydrogen-bond acceptors (Lipinski definition) is 4. The monoisotopic (exact) mass is 212 g/mol. The van der Waals surface area contributed by atoms with E-state index in [0.717, 1.165) is 0 Å². The predicted molar refractivity (Wildman–Crippen MR) is 56.5 cm³/mol. The molecule has 0 amide bonds. The third-order valence-electron chi connectivity index (χ3n) is 1.37. The van der Waals surface area contributed by atoms with Crippen LogP contribution in [-0.2, 0) is 0 Å². The van der Waals surface area contributed by atoms with Gasteiger partial charge in [-0.05, 0) is 6.07 Å². The second-order valence-electron chi connectivity index (χ2n) is 3.81. The molecule has 4 nitrogen and oxygen atoms in total. The summed E-state index contributed by atoms with van der Waals surface area (Å²) in [6.45, 7) is 6.05. The van der Waals surface area contributed by atoms with E-state index in [0.29, 0.717) is 4.90 Å². The lowest BCUT2D eigenvalue weighted by Crippen LogP contribution is -2.07. The maximum atomic E-state index is 10.7. The van der Waals surface area contributed by atoms with Gasteiger partial charge in [0.05, 0.1) is 9.82 Å². The fourth-order valence-corrected chi connectivity index (χ4v) is 1.95. The maximum absolute atomic E-state index is 10.7. The Labute approximate surface area is 86.9 Å². The lowest BCUT2D eigenvalue weighted by Gasteiger charge is -2.16. The Kier molecular flexibility index (Phi) is 3.10. The van der Waals surface area contributed by atoms with Crippen molar-refractivity contribution in [1.82, 2.24) is 4.98 Å². The Morgan fingerprint density at radius 3 is 2.64 bits per heavy atom. The van der Waals surface area contributed by atoms with Crippen LogP contribution in [0.4, 0.5) is 5.69 Å². The van der Waals surface area contributed by atoms with Gasteiger partial charge in [-0.3, -0.25) is 15.1 Å². The first-order chi connectivity index (χ1) is 6.40. The van der Waals surface area contributed by atoms with E-state index in [1.165, 1.54) is 18.0 Å². The van der Waals surface area contributed by atoms with Crippen LogP contribution in [0.15, 0.2) is 23.4 Å². The molecule has 0 radical (unpaired) electrons. The SMILES string of the molecule is CC(C)(C)Sc1ccncc1[N+](=O)[O-]. The van der Waals surface area contributed by atoms with Gasteiger partial charge in [-0.2, -0.15) is 0 Å². The highest BCUT2D eigenvalue weighted by molar-refractivity contribution is 8.00. The molecular formula is C9H12N2O2S. The van der Waals surface area contributed by atoms with Crippen LogP contribution in [0.5, 0.6) is 0 Å². The molecule has 0 atom stereocenters. The molecule has 14 heavy (non-hydrogen) atoms. The smallest absolute Gasteiger partial charge is 0.258 e. The average molecular weight is 212 g/mol. The summed E-state index contributed by atoms with van der Waals surface area (Å²) in [4.78, 5) is 14.7. The van der Waals surface area contributed by atoms with Gasteiger partial charge < -0.3 is 0 Å². The van der Waals surface area contributed by atoms with Crippen molar-refractivity contribution in [2.45, 2.75) is 30.4 Å². The molecule has 1 rings (SSSR count). The van der Waals surface area contributed by atoms with Crippen LogP contribution in [0, 0.1) is 10.1 Å². The van der Waals surface area contributed by atoms with Crippen molar-refractivity contribution < 1.29 is 4.92 Å². The Morgan fingerprint density at radius 1 is 1.50 bits per heavy atom. The minimum Gasteiger partial charge on any atom is -0.258 e. The zero-order valence-corrected chi connectivity index (χ0v) is 9.17. The van der Waals surface area contributed by atoms with Gasteiger partial charge in [-0.25, -0.2) is 0 Å². The molecule has 0 N–H and O–H groups in total. The van der Waals surface area contributed by atoms with Crippen LogP contribution < -0.4 is 0 Å². The maximum Gasteiger partial charge on any atom is 0.301 e. The van der Waals surface area contributed by atoms with Gasteiger partial charge in [0.2, 0.25) is 0 Å². The summed E-state index contributed by atoms with van der Waals surface area (Å²) in [6.07, 6.45) is 2.86. The fraction of sp³-hybridized carbons (Fsp3) is 0.444. The molecule has 0 unspecified atom stereocenters. The molecule has 1 aromatic heterocycles. The summed E-state index contributed by atoms with van der Waals surface area (Å²) < 4.78 is -0.0356. The Balaban J connectivity index is 3.02. The van der Waals surface area contributed by atoms with Crippen molar-refractivity contribution in [2.75, 3.05) is 0 Å². The van der Waals surface area contributed by atoms with Gasteiger partial charge >= 0.3 is 5.69 Å². The van der Waals surface area contributed by atoms with Crippen molar-refractivity contribution in [2.24, 2.45) is 0 Å². The molecule has 0 bridgehead atoms. The first-order valence-corrected chi connectivity index (χ1v) is 4.99. The molecule has 0 fully saturated rings. The summed E-state index contributed by atoms with van der Waals surface area (Å²) in [5.41, 5.74) is 0.0763. The Hall–Kier alpha value is -1.10. The first-order valence-electron chi connectivity index (χ1n) is 4.17. The van der Waals surface area contributed by atoms with Crippen molar-refractivity contribution in [3.05, 3.63) is 28.6 Å². The number of aromatic nitrogens is 1. The summed E-state index contributed by atoms with van der Waals surface area (Å²) in [5.74, 6) is 0. The molecule has 0 saturated heterocycles. The zero-order valence-electron chi connectivity index (χ0n) is 8.35. The van der Waals surface area contributed by atoms with E-state index in [9.17, 15) is 10.1 Å². The molecule has 0 spiro atoms. The van der Waals surface area contributed by atoms with E-state index >= 15 is 0 Å². The quantitative estimate of drug-likeness (QED) is 0.429. The molecule has 0 saturated carbocycles. The summed E-state index contributed by atoms with van der Waals surface area (Å²) in [7, 11) is 0. The zero-order chi connectivity index (χ0) is 10.8. The lowest BCUT2D eigenvalue weighted by molar-refractivity contribution is -0.388. The largest absolute Gasteiger partial charge is 0.301 e. The van der Waals surface area contributed by atoms with Crippen LogP contribution in [-0.4, -0.2) is 14.7 Å². The highest BCUT2D eigenvalue weighted by Gasteiger charge is 2.20. The molecule has 0 aliphatic carbocycles. The van der Waals surface area contributed by atoms with Gasteiger partial charge in [0.1, 0.15) is 6.20 Å². The predicted octanol–water partition coefficient (Wildman–Crippen LogP) is 2.88. The van der Waals surface area contributed by atoms with Crippen LogP contribution >= 0.6 is 11.8 Å². The molecule has 5 heteroatoms. The third kappa shape index (κ3) is 2.99. The first kappa shape index (κ1) is 11.0. The van der Waals surface area contributed by atoms with Crippen molar-refractivity contribution in [3.8, 4) is 0 Å². The second-order valence-corrected chi connectivity index (χ2v) is 5.68. The molecule has 1 aromatic rings. The standard InChI is InChI=1S/C9H12N2O2S/c1-9(2,3)14-8-4-5-10-6-7(8)11(12)13/h4-6H,1-3H3. The van der Waals surface area contributed by atoms with Crippen LogP contribution in [0.2, 0.25) is 0 Å². The minimum atomic E-state index is -0.402. The minimum absolute atomic E-state index is 0.0356. The number of rotatable bonds is 2. The van der Waals surface area contributed by atoms with E-state index < -0.39 is 4.92 Å². The highest BCUT2D eigenvalue weighted by atomic mass is 32.2. The summed E-state index contributed by atoms with van der Waals surface area (Å²) >= 11 is 1.47. The van der Waals surface area contributed by atoms with Crippen molar-refractivity contribution in [3.63, 3.8) is 0 Å². The van der Waals surface area contributed by atoms with Crippen molar-refractivity contribution in [1.29, 1.82) is 0 Å². The molecule has 0 aliphatic heterocycles. The average Bonchev–Trinajstić information content (AvgIpc) is 2.01. The van der Waals surface area contributed by atoms with Crippen LogP contribution in [0.3, 0.4) is 0 Å². The van der Waals surface area contributed by atoms with Gasteiger partial charge in [-0.1, -0.05) is 20.8 Å².